The van der Waals surface area contributed by atoms with Crippen molar-refractivity contribution in [1.29, 1.82) is 0 Å². The first-order valence-corrected chi connectivity index (χ1v) is 7.45. The average Bonchev–Trinajstić information content (AvgIpc) is 2.72. The van der Waals surface area contributed by atoms with Gasteiger partial charge in [0.25, 0.3) is 0 Å². The van der Waals surface area contributed by atoms with E-state index in [1.54, 1.807) is 7.11 Å². The van der Waals surface area contributed by atoms with Gasteiger partial charge in [-0.2, -0.15) is 0 Å². The van der Waals surface area contributed by atoms with E-state index in [0.29, 0.717) is 6.42 Å². The number of aliphatic hydroxyl groups is 1. The highest BCUT2D eigenvalue weighted by Gasteiger charge is 2.53. The molecule has 0 amide bonds. The molecule has 0 fully saturated rings. The van der Waals surface area contributed by atoms with Crippen molar-refractivity contribution in [3.63, 3.8) is 0 Å². The molecule has 3 atom stereocenters. The fraction of sp³-hybridized carbons (Fsp3) is 0.471. The Morgan fingerprint density at radius 2 is 2.23 bits per heavy atom. The average molecular weight is 413 g/mol. The van der Waals surface area contributed by atoms with Crippen LogP contribution in [0.3, 0.4) is 0 Å². The number of aliphatic hydroxyl groups excluding tert-OH is 1. The Labute approximate surface area is 147 Å². The standard InChI is InChI=1S/C17H20NO3.HI/c1-18-8-7-17-6-5-12(19)9-14(17)21-16-13(20-2)4-3-11(10-18)15(16)17;/h3-6,10,12,14,19H,7-9H2,1-2H3;1H/q+1;/p-1/t12-,14-,17-;/m0./s1. The normalized spacial score (nSPS) is 31.1. The molecule has 0 bridgehead atoms. The minimum absolute atomic E-state index is 0. The van der Waals surface area contributed by atoms with Crippen LogP contribution in [0.25, 0.3) is 0 Å². The lowest BCUT2D eigenvalue weighted by molar-refractivity contribution is -0.493. The van der Waals surface area contributed by atoms with E-state index in [0.717, 1.165) is 24.5 Å². The van der Waals surface area contributed by atoms with Crippen LogP contribution in [0.5, 0.6) is 11.5 Å². The number of methoxy groups -OCH3 is 1. The van der Waals surface area contributed by atoms with Crippen LogP contribution in [0.2, 0.25) is 0 Å². The predicted octanol–water partition coefficient (Wildman–Crippen LogP) is -1.52. The predicted molar refractivity (Wildman–Crippen MR) is 79.7 cm³/mol. The van der Waals surface area contributed by atoms with Gasteiger partial charge in [0.05, 0.1) is 18.6 Å². The molecular formula is C17H20INO3. The number of hydrogen-bond donors (Lipinski definition) is 1. The lowest BCUT2D eigenvalue weighted by Crippen LogP contribution is -3.00. The van der Waals surface area contributed by atoms with E-state index in [-0.39, 0.29) is 35.5 Å². The number of halogens is 1. The molecule has 1 spiro atoms. The van der Waals surface area contributed by atoms with Gasteiger partial charge in [0, 0.05) is 24.0 Å². The Bertz CT molecular complexity index is 670. The van der Waals surface area contributed by atoms with Crippen LogP contribution >= 0.6 is 0 Å². The molecule has 1 N–H and O–H groups in total. The Balaban J connectivity index is 0.00000144. The topological polar surface area (TPSA) is 41.7 Å². The van der Waals surface area contributed by atoms with E-state index in [9.17, 15) is 5.11 Å². The Kier molecular flexibility index (Phi) is 3.97. The molecule has 118 valence electrons. The first-order chi connectivity index (χ1) is 10.1. The first kappa shape index (κ1) is 15.8. The lowest BCUT2D eigenvalue weighted by atomic mass is 9.69. The molecule has 1 aliphatic carbocycles. The molecule has 2 heterocycles. The van der Waals surface area contributed by atoms with Gasteiger partial charge in [-0.1, -0.05) is 12.2 Å². The zero-order valence-electron chi connectivity index (χ0n) is 12.8. The van der Waals surface area contributed by atoms with E-state index >= 15 is 0 Å². The van der Waals surface area contributed by atoms with Crippen molar-refractivity contribution >= 4 is 6.21 Å². The number of nitrogens with zero attached hydrogens (tertiary/aromatic N) is 1. The van der Waals surface area contributed by atoms with Crippen molar-refractivity contribution in [1.82, 2.24) is 0 Å². The SMILES string of the molecule is COc1ccc2c3c1O[C@H]1C[C@@H](O)C=C[C@@]31CC[N+](C)=C2.[I-]. The van der Waals surface area contributed by atoms with Crippen LogP contribution in [0.1, 0.15) is 24.0 Å². The minimum atomic E-state index is -0.422. The van der Waals surface area contributed by atoms with Crippen molar-refractivity contribution in [3.8, 4) is 11.5 Å². The van der Waals surface area contributed by atoms with E-state index in [1.807, 2.05) is 12.1 Å². The Morgan fingerprint density at radius 3 is 3.00 bits per heavy atom. The molecule has 4 nitrogen and oxygen atoms in total. The third-order valence-electron chi connectivity index (χ3n) is 4.98. The quantitative estimate of drug-likeness (QED) is 0.346. The second kappa shape index (κ2) is 5.53. The van der Waals surface area contributed by atoms with E-state index in [4.69, 9.17) is 9.47 Å². The maximum absolute atomic E-state index is 9.97. The molecule has 2 aliphatic heterocycles. The molecule has 0 saturated carbocycles. The summed E-state index contributed by atoms with van der Waals surface area (Å²) < 4.78 is 13.9. The van der Waals surface area contributed by atoms with Crippen LogP contribution in [0, 0.1) is 0 Å². The summed E-state index contributed by atoms with van der Waals surface area (Å²) in [5.41, 5.74) is 2.27. The molecule has 1 aromatic rings. The number of benzene rings is 1. The van der Waals surface area contributed by atoms with Crippen LogP contribution in [-0.4, -0.2) is 48.8 Å². The van der Waals surface area contributed by atoms with Crippen molar-refractivity contribution in [2.24, 2.45) is 0 Å². The molecule has 0 unspecified atom stereocenters. The van der Waals surface area contributed by atoms with Gasteiger partial charge in [-0.15, -0.1) is 0 Å². The second-order valence-corrected chi connectivity index (χ2v) is 6.23. The van der Waals surface area contributed by atoms with Gasteiger partial charge in [0.2, 0.25) is 0 Å². The second-order valence-electron chi connectivity index (χ2n) is 6.23. The van der Waals surface area contributed by atoms with Gasteiger partial charge in [0.15, 0.2) is 17.7 Å². The van der Waals surface area contributed by atoms with Crippen LogP contribution in [0.4, 0.5) is 0 Å². The molecule has 0 saturated heterocycles. The highest BCUT2D eigenvalue weighted by molar-refractivity contribution is 5.83. The number of hydrogen-bond acceptors (Lipinski definition) is 3. The van der Waals surface area contributed by atoms with Crippen molar-refractivity contribution in [3.05, 3.63) is 35.4 Å². The summed E-state index contributed by atoms with van der Waals surface area (Å²) in [6.45, 7) is 0.969. The van der Waals surface area contributed by atoms with Gasteiger partial charge < -0.3 is 38.6 Å². The van der Waals surface area contributed by atoms with E-state index < -0.39 is 6.10 Å². The molecule has 22 heavy (non-hydrogen) atoms. The van der Waals surface area contributed by atoms with Crippen LogP contribution < -0.4 is 33.5 Å². The zero-order chi connectivity index (χ0) is 14.6. The smallest absolute Gasteiger partial charge is 0.170 e. The molecule has 0 aromatic heterocycles. The van der Waals surface area contributed by atoms with Crippen molar-refractivity contribution < 1.29 is 43.1 Å². The monoisotopic (exact) mass is 413 g/mol. The van der Waals surface area contributed by atoms with Crippen molar-refractivity contribution in [2.75, 3.05) is 20.7 Å². The zero-order valence-corrected chi connectivity index (χ0v) is 14.9. The largest absolute Gasteiger partial charge is 1.00 e. The molecule has 4 rings (SSSR count). The Hall–Kier alpha value is -1.08. The maximum atomic E-state index is 9.97. The molecular weight excluding hydrogens is 393 g/mol. The highest BCUT2D eigenvalue weighted by Crippen LogP contribution is 2.54. The van der Waals surface area contributed by atoms with E-state index in [1.165, 1.54) is 11.1 Å². The third-order valence-corrected chi connectivity index (χ3v) is 4.98. The molecule has 5 heteroatoms. The van der Waals surface area contributed by atoms with Gasteiger partial charge in [0.1, 0.15) is 19.7 Å². The van der Waals surface area contributed by atoms with Gasteiger partial charge >= 0.3 is 0 Å². The summed E-state index contributed by atoms with van der Waals surface area (Å²) >= 11 is 0. The molecule has 3 aliphatic rings. The summed E-state index contributed by atoms with van der Waals surface area (Å²) in [6.07, 6.45) is 7.45. The van der Waals surface area contributed by atoms with Gasteiger partial charge in [-0.05, 0) is 12.1 Å². The maximum Gasteiger partial charge on any atom is 0.170 e. The molecule has 1 aromatic carbocycles. The van der Waals surface area contributed by atoms with Crippen LogP contribution in [-0.2, 0) is 5.41 Å². The fourth-order valence-electron chi connectivity index (χ4n) is 3.92. The minimum Gasteiger partial charge on any atom is -1.00 e. The molecule has 0 radical (unpaired) electrons. The van der Waals surface area contributed by atoms with Crippen LogP contribution in [0.15, 0.2) is 24.3 Å². The lowest BCUT2D eigenvalue weighted by Gasteiger charge is -2.34. The van der Waals surface area contributed by atoms with Gasteiger partial charge in [-0.25, -0.2) is 4.58 Å². The number of rotatable bonds is 1. The highest BCUT2D eigenvalue weighted by atomic mass is 127. The van der Waals surface area contributed by atoms with Gasteiger partial charge in [-0.3, -0.25) is 0 Å². The summed E-state index contributed by atoms with van der Waals surface area (Å²) in [4.78, 5) is 0. The summed E-state index contributed by atoms with van der Waals surface area (Å²) in [5, 5.41) is 9.97. The first-order valence-electron chi connectivity index (χ1n) is 7.45. The Morgan fingerprint density at radius 1 is 1.41 bits per heavy atom. The number of ether oxygens (including phenoxy) is 2. The third kappa shape index (κ3) is 2.09. The fourth-order valence-corrected chi connectivity index (χ4v) is 3.92. The summed E-state index contributed by atoms with van der Waals surface area (Å²) in [5.74, 6) is 1.63. The van der Waals surface area contributed by atoms with Crippen molar-refractivity contribution in [2.45, 2.75) is 30.5 Å². The summed E-state index contributed by atoms with van der Waals surface area (Å²) in [7, 11) is 3.78. The summed E-state index contributed by atoms with van der Waals surface area (Å²) in [6, 6.07) is 4.07. The van der Waals surface area contributed by atoms with E-state index in [2.05, 4.69) is 30.0 Å².